The Kier molecular flexibility index (Phi) is 4.75. The van der Waals surface area contributed by atoms with E-state index in [1.165, 1.54) is 12.1 Å². The average molecular weight is 147 g/mol. The van der Waals surface area contributed by atoms with E-state index in [2.05, 4.69) is 11.1 Å². The Hall–Kier alpha value is -0.115. The maximum absolute atomic E-state index is 12.8. The Balaban J connectivity index is 0.000000605. The summed E-state index contributed by atoms with van der Waals surface area (Å²) < 4.78 is 12.8. The van der Waals surface area contributed by atoms with E-state index in [0.29, 0.717) is 10.9 Å². The zero-order valence-electron chi connectivity index (χ0n) is 7.13. The van der Waals surface area contributed by atoms with Gasteiger partial charge in [-0.3, -0.25) is 0 Å². The van der Waals surface area contributed by atoms with Crippen LogP contribution in [0.25, 0.3) is 10.9 Å². The van der Waals surface area contributed by atoms with Crippen LogP contribution >= 0.6 is 0 Å². The molecule has 1 aromatic carbocycles. The number of fused-ring (bicyclic) bond motifs is 1. The van der Waals surface area contributed by atoms with Crippen LogP contribution in [0.15, 0.2) is 24.4 Å². The normalized spacial score (nSPS) is 8.75. The fourth-order valence-corrected chi connectivity index (χ4v) is 0.926. The van der Waals surface area contributed by atoms with Crippen molar-refractivity contribution in [2.45, 2.75) is 0 Å². The second-order valence-electron chi connectivity index (χ2n) is 2.03. The molecular formula is C8H4FLi2N. The summed E-state index contributed by atoms with van der Waals surface area (Å²) in [5.41, 5.74) is 0.597. The molecule has 0 aliphatic heterocycles. The Bertz CT molecular complexity index is 359. The van der Waals surface area contributed by atoms with Crippen LogP contribution in [0, 0.1) is 11.9 Å². The van der Waals surface area contributed by atoms with Gasteiger partial charge >= 0.3 is 37.7 Å². The molecule has 2 aromatic rings. The topological polar surface area (TPSA) is 14.1 Å². The van der Waals surface area contributed by atoms with Gasteiger partial charge in [0.2, 0.25) is 0 Å². The number of rotatable bonds is 0. The Labute approximate surface area is 94.1 Å². The predicted molar refractivity (Wildman–Crippen MR) is 36.1 cm³/mol. The molecule has 1 aromatic heterocycles. The molecule has 0 atom stereocenters. The van der Waals surface area contributed by atoms with E-state index in [-0.39, 0.29) is 43.5 Å². The molecule has 0 aliphatic carbocycles. The summed E-state index contributed by atoms with van der Waals surface area (Å²) in [6.07, 6.45) is 1.57. The van der Waals surface area contributed by atoms with Crippen molar-refractivity contribution in [3.05, 3.63) is 36.3 Å². The van der Waals surface area contributed by atoms with Crippen LogP contribution in [0.5, 0.6) is 0 Å². The first-order valence-electron chi connectivity index (χ1n) is 2.95. The summed E-state index contributed by atoms with van der Waals surface area (Å²) in [6.45, 7) is 0. The molecule has 1 nitrogen and oxygen atoms in total. The van der Waals surface area contributed by atoms with Gasteiger partial charge in [-0.1, -0.05) is 0 Å². The van der Waals surface area contributed by atoms with Crippen molar-refractivity contribution in [2.75, 3.05) is 0 Å². The molecule has 0 saturated carbocycles. The largest absolute Gasteiger partial charge is 1.00 e. The second kappa shape index (κ2) is 4.80. The van der Waals surface area contributed by atoms with Gasteiger partial charge in [0, 0.05) is 5.82 Å². The van der Waals surface area contributed by atoms with E-state index in [9.17, 15) is 4.39 Å². The standard InChI is InChI=1S/C8H4FN.2Li/c9-7-2-1-3-8-6(7)4-5-10-8;;/h1-2,4-5H;;/q-2;2*+1. The van der Waals surface area contributed by atoms with Crippen LogP contribution in [-0.4, -0.2) is 0 Å². The van der Waals surface area contributed by atoms with Crippen molar-refractivity contribution in [1.82, 2.24) is 4.98 Å². The van der Waals surface area contributed by atoms with Gasteiger partial charge in [-0.15, -0.1) is 17.5 Å². The summed E-state index contributed by atoms with van der Waals surface area (Å²) >= 11 is 0. The van der Waals surface area contributed by atoms with Crippen molar-refractivity contribution in [1.29, 1.82) is 0 Å². The molecule has 0 saturated heterocycles. The first-order valence-corrected chi connectivity index (χ1v) is 2.95. The van der Waals surface area contributed by atoms with E-state index >= 15 is 0 Å². The quantitative estimate of drug-likeness (QED) is 0.272. The summed E-state index contributed by atoms with van der Waals surface area (Å²) in [5, 5.41) is 0.544. The van der Waals surface area contributed by atoms with Crippen LogP contribution in [-0.2, 0) is 0 Å². The molecule has 0 spiro atoms. The van der Waals surface area contributed by atoms with Crippen molar-refractivity contribution in [3.63, 3.8) is 0 Å². The van der Waals surface area contributed by atoms with E-state index < -0.39 is 0 Å². The fraction of sp³-hybridized carbons (Fsp3) is 0. The summed E-state index contributed by atoms with van der Waals surface area (Å²) in [5.74, 6) is -0.230. The fourth-order valence-electron chi connectivity index (χ4n) is 0.926. The van der Waals surface area contributed by atoms with E-state index in [1.807, 2.05) is 0 Å². The first-order chi connectivity index (χ1) is 4.88. The number of aromatic nitrogens is 1. The molecule has 0 N–H and O–H groups in total. The summed E-state index contributed by atoms with van der Waals surface area (Å²) in [4.78, 5) is 3.88. The molecule has 12 heavy (non-hydrogen) atoms. The zero-order chi connectivity index (χ0) is 6.97. The van der Waals surface area contributed by atoms with Crippen LogP contribution in [0.4, 0.5) is 4.39 Å². The third-order valence-electron chi connectivity index (χ3n) is 1.41. The van der Waals surface area contributed by atoms with Gasteiger partial charge in [-0.05, 0) is 0 Å². The van der Waals surface area contributed by atoms with Gasteiger partial charge in [-0.25, -0.2) is 9.91 Å². The molecule has 0 amide bonds. The Morgan fingerprint density at radius 3 is 2.67 bits per heavy atom. The molecule has 0 fully saturated rings. The minimum atomic E-state index is -0.230. The number of hydrogen-bond donors (Lipinski definition) is 0. The minimum Gasteiger partial charge on any atom is -0.686 e. The molecule has 0 aliphatic rings. The van der Waals surface area contributed by atoms with Gasteiger partial charge in [0.05, 0.1) is 0 Å². The van der Waals surface area contributed by atoms with Crippen molar-refractivity contribution in [2.24, 2.45) is 0 Å². The van der Waals surface area contributed by atoms with Crippen LogP contribution in [0.2, 0.25) is 0 Å². The third kappa shape index (κ3) is 1.97. The zero-order valence-corrected chi connectivity index (χ0v) is 7.13. The van der Waals surface area contributed by atoms with Crippen LogP contribution in [0.1, 0.15) is 0 Å². The Morgan fingerprint density at radius 1 is 1.25 bits per heavy atom. The van der Waals surface area contributed by atoms with Gasteiger partial charge in [0.25, 0.3) is 0 Å². The van der Waals surface area contributed by atoms with Crippen LogP contribution < -0.4 is 42.7 Å². The molecule has 50 valence electrons. The van der Waals surface area contributed by atoms with Crippen molar-refractivity contribution < 1.29 is 42.1 Å². The summed E-state index contributed by atoms with van der Waals surface area (Å²) in [7, 11) is 0. The summed E-state index contributed by atoms with van der Waals surface area (Å²) in [6, 6.07) is 7.37. The monoisotopic (exact) mass is 147 g/mol. The predicted octanol–water partition coefficient (Wildman–Crippen LogP) is -4.26. The van der Waals surface area contributed by atoms with Gasteiger partial charge < -0.3 is 4.98 Å². The number of benzene rings is 1. The number of hydrogen-bond acceptors (Lipinski definition) is 0. The van der Waals surface area contributed by atoms with Crippen LogP contribution in [0.3, 0.4) is 0 Å². The smallest absolute Gasteiger partial charge is 0.686 e. The van der Waals surface area contributed by atoms with E-state index in [1.54, 1.807) is 12.3 Å². The maximum atomic E-state index is 12.8. The van der Waals surface area contributed by atoms with Crippen molar-refractivity contribution >= 4 is 10.9 Å². The van der Waals surface area contributed by atoms with E-state index in [0.717, 1.165) is 0 Å². The first kappa shape index (κ1) is 11.9. The molecule has 1 heterocycles. The molecule has 2 rings (SSSR count). The second-order valence-corrected chi connectivity index (χ2v) is 2.03. The van der Waals surface area contributed by atoms with Gasteiger partial charge in [0.1, 0.15) is 0 Å². The molecule has 4 heteroatoms. The molecule has 0 unspecified atom stereocenters. The minimum absolute atomic E-state index is 0. The maximum Gasteiger partial charge on any atom is 1.00 e. The van der Waals surface area contributed by atoms with E-state index in [4.69, 9.17) is 0 Å². The number of nitrogens with zero attached hydrogens (tertiary/aromatic N) is 1. The van der Waals surface area contributed by atoms with Crippen molar-refractivity contribution in [3.8, 4) is 0 Å². The SMILES string of the molecule is Fc1cc[c-]c2[n-]ccc12.[Li+].[Li+]. The van der Waals surface area contributed by atoms with Gasteiger partial charge in [-0.2, -0.15) is 18.3 Å². The molecule has 0 bridgehead atoms. The number of halogens is 1. The van der Waals surface area contributed by atoms with Gasteiger partial charge in [0.15, 0.2) is 0 Å². The average Bonchev–Trinajstić information content (AvgIpc) is 2.36. The Morgan fingerprint density at radius 2 is 2.00 bits per heavy atom. The molecular weight excluding hydrogens is 143 g/mol. The third-order valence-corrected chi connectivity index (χ3v) is 1.41. The molecule has 0 radical (unpaired) electrons.